The number of carbonyl (C=O) groups excluding carboxylic acids is 1. The maximum atomic E-state index is 15.1. The van der Waals surface area contributed by atoms with E-state index >= 15 is 4.39 Å². The fourth-order valence-electron chi connectivity index (χ4n) is 4.42. The van der Waals surface area contributed by atoms with Crippen molar-refractivity contribution in [3.63, 3.8) is 0 Å². The molecule has 176 valence electrons. The van der Waals surface area contributed by atoms with Gasteiger partial charge in [0.1, 0.15) is 16.9 Å². The summed E-state index contributed by atoms with van der Waals surface area (Å²) in [5.74, 6) is -0.527. The van der Waals surface area contributed by atoms with Gasteiger partial charge in [0.2, 0.25) is 0 Å². The van der Waals surface area contributed by atoms with E-state index in [1.807, 2.05) is 19.9 Å². The number of halogens is 1. The van der Waals surface area contributed by atoms with Gasteiger partial charge in [0.05, 0.1) is 5.52 Å². The van der Waals surface area contributed by atoms with E-state index in [1.54, 1.807) is 18.2 Å². The number of aryl methyl sites for hydroxylation is 2. The topological polar surface area (TPSA) is 91.0 Å². The predicted molar refractivity (Wildman–Crippen MR) is 129 cm³/mol. The Morgan fingerprint density at radius 1 is 1.24 bits per heavy atom. The largest absolute Gasteiger partial charge is 0.348 e. The van der Waals surface area contributed by atoms with Crippen LogP contribution >= 0.6 is 0 Å². The smallest absolute Gasteiger partial charge is 0.270 e. The number of fused-ring (bicyclic) bond motifs is 1. The normalized spacial score (nSPS) is 16.5. The number of H-pyrrole nitrogens is 1. The number of benzene rings is 1. The Labute approximate surface area is 197 Å². The van der Waals surface area contributed by atoms with E-state index in [0.717, 1.165) is 37.1 Å². The van der Waals surface area contributed by atoms with E-state index in [1.165, 1.54) is 5.57 Å². The molecule has 3 aromatic rings. The van der Waals surface area contributed by atoms with E-state index in [-0.39, 0.29) is 17.0 Å². The Balaban J connectivity index is 1.29. The monoisotopic (exact) mass is 461 g/mol. The Kier molecular flexibility index (Phi) is 6.00. The minimum absolute atomic E-state index is 0.110. The summed E-state index contributed by atoms with van der Waals surface area (Å²) in [6.07, 6.45) is 5.55. The number of rotatable bonds is 6. The second-order valence-corrected chi connectivity index (χ2v) is 9.09. The molecule has 1 aromatic carbocycles. The molecular formula is C26H28FN5O2. The number of amides is 1. The van der Waals surface area contributed by atoms with Crippen LogP contribution in [-0.2, 0) is 13.0 Å². The van der Waals surface area contributed by atoms with Crippen molar-refractivity contribution >= 4 is 22.5 Å². The highest BCUT2D eigenvalue weighted by Gasteiger charge is 2.25. The molecule has 0 atom stereocenters. The molecule has 1 amide bonds. The summed E-state index contributed by atoms with van der Waals surface area (Å²) >= 11 is 0. The molecule has 8 heteroatoms. The van der Waals surface area contributed by atoms with E-state index in [0.29, 0.717) is 48.0 Å². The first-order chi connectivity index (χ1) is 16.4. The molecule has 1 saturated carbocycles. The van der Waals surface area contributed by atoms with E-state index in [9.17, 15) is 9.59 Å². The van der Waals surface area contributed by atoms with Gasteiger partial charge in [0.15, 0.2) is 5.82 Å². The van der Waals surface area contributed by atoms with E-state index in [4.69, 9.17) is 0 Å². The van der Waals surface area contributed by atoms with Crippen molar-refractivity contribution in [3.8, 4) is 0 Å². The van der Waals surface area contributed by atoms with Crippen LogP contribution in [0, 0.1) is 12.7 Å². The number of hydrogen-bond acceptors (Lipinski definition) is 5. The molecule has 1 aliphatic heterocycles. The van der Waals surface area contributed by atoms with Crippen LogP contribution in [0.1, 0.15) is 59.2 Å². The van der Waals surface area contributed by atoms with Gasteiger partial charge in [-0.2, -0.15) is 0 Å². The van der Waals surface area contributed by atoms with Gasteiger partial charge in [-0.05, 0) is 55.9 Å². The number of hydrogen-bond donors (Lipinski definition) is 2. The zero-order chi connectivity index (χ0) is 23.8. The third kappa shape index (κ3) is 4.50. The van der Waals surface area contributed by atoms with Crippen LogP contribution in [0.2, 0.25) is 0 Å². The molecule has 1 aliphatic carbocycles. The highest BCUT2D eigenvalue weighted by molar-refractivity contribution is 5.93. The molecule has 34 heavy (non-hydrogen) atoms. The zero-order valence-corrected chi connectivity index (χ0v) is 19.4. The standard InChI is InChI=1S/C26H28FN5O2/c1-3-20-25(33)31-24-21(30-20)8-4-17(23(24)27)14-32-12-10-16(11-13-32)19-7-9-22(28-15(19)2)26(34)29-18-5-6-18/h4,7-10,18H,3,5-6,11-14H2,1-2H3,(H,29,34)(H,31,33). The highest BCUT2D eigenvalue weighted by atomic mass is 19.1. The summed E-state index contributed by atoms with van der Waals surface area (Å²) < 4.78 is 15.1. The fraction of sp³-hybridized carbons (Fsp3) is 0.385. The zero-order valence-electron chi connectivity index (χ0n) is 19.4. The van der Waals surface area contributed by atoms with Crippen molar-refractivity contribution in [3.05, 3.63) is 74.7 Å². The molecular weight excluding hydrogens is 433 g/mol. The Hall–Kier alpha value is -3.39. The number of aromatic nitrogens is 3. The van der Waals surface area contributed by atoms with Gasteiger partial charge in [0, 0.05) is 36.9 Å². The van der Waals surface area contributed by atoms with Crippen molar-refractivity contribution in [2.24, 2.45) is 0 Å². The minimum Gasteiger partial charge on any atom is -0.348 e. The summed E-state index contributed by atoms with van der Waals surface area (Å²) in [7, 11) is 0. The number of aromatic amines is 1. The summed E-state index contributed by atoms with van der Waals surface area (Å²) in [6.45, 7) is 5.68. The van der Waals surface area contributed by atoms with Crippen LogP contribution in [0.25, 0.3) is 16.6 Å². The second-order valence-electron chi connectivity index (χ2n) is 9.09. The van der Waals surface area contributed by atoms with Gasteiger partial charge in [-0.15, -0.1) is 0 Å². The number of nitrogens with zero attached hydrogens (tertiary/aromatic N) is 3. The first-order valence-electron chi connectivity index (χ1n) is 11.8. The van der Waals surface area contributed by atoms with Gasteiger partial charge in [-0.3, -0.25) is 14.5 Å². The van der Waals surface area contributed by atoms with Gasteiger partial charge in [0.25, 0.3) is 11.5 Å². The summed E-state index contributed by atoms with van der Waals surface area (Å²) in [5.41, 5.74) is 4.78. The number of pyridine rings is 1. The van der Waals surface area contributed by atoms with Crippen molar-refractivity contribution in [1.82, 2.24) is 25.2 Å². The summed E-state index contributed by atoms with van der Waals surface area (Å²) in [6, 6.07) is 7.59. The number of nitrogens with one attached hydrogen (secondary N) is 2. The molecule has 0 radical (unpaired) electrons. The van der Waals surface area contributed by atoms with Gasteiger partial charge < -0.3 is 10.3 Å². The molecule has 1 fully saturated rings. The Bertz CT molecular complexity index is 1360. The minimum atomic E-state index is -0.417. The molecule has 0 bridgehead atoms. The van der Waals surface area contributed by atoms with Gasteiger partial charge in [-0.1, -0.05) is 25.1 Å². The van der Waals surface area contributed by atoms with Crippen LogP contribution in [0.4, 0.5) is 4.39 Å². The van der Waals surface area contributed by atoms with Crippen molar-refractivity contribution in [1.29, 1.82) is 0 Å². The maximum absolute atomic E-state index is 15.1. The number of carbonyl (C=O) groups is 1. The first kappa shape index (κ1) is 22.4. The SMILES string of the molecule is CCc1nc2ccc(CN3CC=C(c4ccc(C(=O)NC5CC5)nc4C)CC3)c(F)c2[nH]c1=O. The molecule has 5 rings (SSSR count). The van der Waals surface area contributed by atoms with Gasteiger partial charge >= 0.3 is 0 Å². The fourth-order valence-corrected chi connectivity index (χ4v) is 4.42. The molecule has 0 spiro atoms. The molecule has 0 saturated heterocycles. The lowest BCUT2D eigenvalue weighted by Gasteiger charge is -2.27. The van der Waals surface area contributed by atoms with E-state index < -0.39 is 5.82 Å². The summed E-state index contributed by atoms with van der Waals surface area (Å²) in [4.78, 5) is 38.0. The van der Waals surface area contributed by atoms with Crippen molar-refractivity contribution in [2.75, 3.05) is 13.1 Å². The average molecular weight is 462 g/mol. The first-order valence-corrected chi connectivity index (χ1v) is 11.8. The maximum Gasteiger partial charge on any atom is 0.270 e. The van der Waals surface area contributed by atoms with Crippen molar-refractivity contribution < 1.29 is 9.18 Å². The van der Waals surface area contributed by atoms with Crippen LogP contribution in [0.15, 0.2) is 35.1 Å². The van der Waals surface area contributed by atoms with E-state index in [2.05, 4.69) is 31.2 Å². The lowest BCUT2D eigenvalue weighted by Crippen LogP contribution is -2.29. The average Bonchev–Trinajstić information content (AvgIpc) is 3.65. The third-order valence-corrected chi connectivity index (χ3v) is 6.56. The second kappa shape index (κ2) is 9.10. The lowest BCUT2D eigenvalue weighted by molar-refractivity contribution is 0.0946. The Morgan fingerprint density at radius 3 is 2.74 bits per heavy atom. The molecule has 2 aliphatic rings. The molecule has 0 unspecified atom stereocenters. The molecule has 2 N–H and O–H groups in total. The summed E-state index contributed by atoms with van der Waals surface area (Å²) in [5, 5.41) is 2.97. The van der Waals surface area contributed by atoms with Gasteiger partial charge in [-0.25, -0.2) is 14.4 Å². The van der Waals surface area contributed by atoms with Crippen LogP contribution < -0.4 is 10.9 Å². The van der Waals surface area contributed by atoms with Crippen molar-refractivity contribution in [2.45, 2.75) is 52.1 Å². The quantitative estimate of drug-likeness (QED) is 0.586. The highest BCUT2D eigenvalue weighted by Crippen LogP contribution is 2.27. The predicted octanol–water partition coefficient (Wildman–Crippen LogP) is 3.51. The third-order valence-electron chi connectivity index (χ3n) is 6.56. The van der Waals surface area contributed by atoms with Crippen LogP contribution in [0.3, 0.4) is 0 Å². The van der Waals surface area contributed by atoms with Crippen LogP contribution in [-0.4, -0.2) is 44.9 Å². The van der Waals surface area contributed by atoms with Crippen LogP contribution in [0.5, 0.6) is 0 Å². The molecule has 3 heterocycles. The lowest BCUT2D eigenvalue weighted by atomic mass is 9.97. The Morgan fingerprint density at radius 2 is 2.06 bits per heavy atom. The molecule has 7 nitrogen and oxygen atoms in total. The molecule has 2 aromatic heterocycles.